The van der Waals surface area contributed by atoms with Crippen molar-refractivity contribution in [3.63, 3.8) is 0 Å². The summed E-state index contributed by atoms with van der Waals surface area (Å²) < 4.78 is 0. The summed E-state index contributed by atoms with van der Waals surface area (Å²) in [6.45, 7) is 2.25. The van der Waals surface area contributed by atoms with Gasteiger partial charge in [0.1, 0.15) is 0 Å². The van der Waals surface area contributed by atoms with Crippen LogP contribution >= 0.6 is 11.6 Å². The van der Waals surface area contributed by atoms with Crippen molar-refractivity contribution in [3.05, 3.63) is 34.9 Å². The second kappa shape index (κ2) is 7.16. The van der Waals surface area contributed by atoms with E-state index in [0.29, 0.717) is 12.1 Å². The molecule has 0 unspecified atom stereocenters. The SMILES string of the molecule is C[C@@H](NC1CCCCCCC1)c1ccc(Cl)cc1. The van der Waals surface area contributed by atoms with Crippen LogP contribution in [0.1, 0.15) is 63.5 Å². The van der Waals surface area contributed by atoms with Gasteiger partial charge in [-0.05, 0) is 37.5 Å². The molecule has 0 spiro atoms. The van der Waals surface area contributed by atoms with Crippen LogP contribution in [0.25, 0.3) is 0 Å². The van der Waals surface area contributed by atoms with E-state index in [1.165, 1.54) is 50.5 Å². The summed E-state index contributed by atoms with van der Waals surface area (Å²) in [7, 11) is 0. The lowest BCUT2D eigenvalue weighted by Crippen LogP contribution is -2.32. The zero-order valence-corrected chi connectivity index (χ0v) is 12.0. The highest BCUT2D eigenvalue weighted by Crippen LogP contribution is 2.21. The van der Waals surface area contributed by atoms with E-state index in [0.717, 1.165) is 5.02 Å². The second-order valence-electron chi connectivity index (χ2n) is 5.48. The first-order valence-corrected chi connectivity index (χ1v) is 7.65. The maximum absolute atomic E-state index is 5.93. The number of benzene rings is 1. The summed E-state index contributed by atoms with van der Waals surface area (Å²) in [4.78, 5) is 0. The number of nitrogens with one attached hydrogen (secondary N) is 1. The fraction of sp³-hybridized carbons (Fsp3) is 0.625. The van der Waals surface area contributed by atoms with Gasteiger partial charge < -0.3 is 5.32 Å². The molecule has 0 saturated heterocycles. The quantitative estimate of drug-likeness (QED) is 0.801. The third-order valence-corrected chi connectivity index (χ3v) is 4.21. The molecule has 0 radical (unpaired) electrons. The van der Waals surface area contributed by atoms with Crippen molar-refractivity contribution in [2.45, 2.75) is 64.0 Å². The van der Waals surface area contributed by atoms with Crippen molar-refractivity contribution in [1.29, 1.82) is 0 Å². The first-order chi connectivity index (χ1) is 8.75. The summed E-state index contributed by atoms with van der Waals surface area (Å²) in [6, 6.07) is 9.33. The molecule has 0 aliphatic heterocycles. The summed E-state index contributed by atoms with van der Waals surface area (Å²) in [5.74, 6) is 0. The Labute approximate surface area is 116 Å². The van der Waals surface area contributed by atoms with Crippen LogP contribution < -0.4 is 5.32 Å². The van der Waals surface area contributed by atoms with E-state index in [9.17, 15) is 0 Å². The largest absolute Gasteiger partial charge is 0.307 e. The minimum atomic E-state index is 0.423. The number of halogens is 1. The van der Waals surface area contributed by atoms with Gasteiger partial charge in [0.2, 0.25) is 0 Å². The lowest BCUT2D eigenvalue weighted by atomic mass is 9.95. The molecular weight excluding hydrogens is 242 g/mol. The van der Waals surface area contributed by atoms with Gasteiger partial charge in [0, 0.05) is 17.1 Å². The van der Waals surface area contributed by atoms with E-state index >= 15 is 0 Å². The van der Waals surface area contributed by atoms with Crippen LogP contribution in [0.15, 0.2) is 24.3 Å². The highest BCUT2D eigenvalue weighted by molar-refractivity contribution is 6.30. The highest BCUT2D eigenvalue weighted by atomic mass is 35.5. The summed E-state index contributed by atoms with van der Waals surface area (Å²) in [5, 5.41) is 4.60. The van der Waals surface area contributed by atoms with Crippen LogP contribution in [-0.4, -0.2) is 6.04 Å². The molecule has 0 bridgehead atoms. The van der Waals surface area contributed by atoms with Gasteiger partial charge in [0.05, 0.1) is 0 Å². The van der Waals surface area contributed by atoms with Gasteiger partial charge in [-0.15, -0.1) is 0 Å². The highest BCUT2D eigenvalue weighted by Gasteiger charge is 2.14. The third kappa shape index (κ3) is 4.29. The molecule has 1 nitrogen and oxygen atoms in total. The Balaban J connectivity index is 1.88. The topological polar surface area (TPSA) is 12.0 Å². The Hall–Kier alpha value is -0.530. The maximum Gasteiger partial charge on any atom is 0.0406 e. The van der Waals surface area contributed by atoms with Crippen molar-refractivity contribution >= 4 is 11.6 Å². The van der Waals surface area contributed by atoms with Gasteiger partial charge >= 0.3 is 0 Å². The van der Waals surface area contributed by atoms with E-state index < -0.39 is 0 Å². The Morgan fingerprint density at radius 2 is 1.56 bits per heavy atom. The van der Waals surface area contributed by atoms with E-state index in [4.69, 9.17) is 11.6 Å². The van der Waals surface area contributed by atoms with Gasteiger partial charge in [0.15, 0.2) is 0 Å². The molecule has 1 N–H and O–H groups in total. The number of hydrogen-bond donors (Lipinski definition) is 1. The van der Waals surface area contributed by atoms with Crippen molar-refractivity contribution in [1.82, 2.24) is 5.32 Å². The molecule has 1 atom stereocenters. The molecule has 1 saturated carbocycles. The van der Waals surface area contributed by atoms with Gasteiger partial charge in [-0.3, -0.25) is 0 Å². The molecule has 1 aliphatic carbocycles. The van der Waals surface area contributed by atoms with Gasteiger partial charge in [-0.1, -0.05) is 55.8 Å². The van der Waals surface area contributed by atoms with Crippen molar-refractivity contribution in [3.8, 4) is 0 Å². The Morgan fingerprint density at radius 1 is 1.00 bits per heavy atom. The summed E-state index contributed by atoms with van der Waals surface area (Å²) in [6.07, 6.45) is 9.67. The number of hydrogen-bond acceptors (Lipinski definition) is 1. The molecule has 1 fully saturated rings. The molecular formula is C16H24ClN. The normalized spacial score (nSPS) is 20.1. The fourth-order valence-electron chi connectivity index (χ4n) is 2.82. The van der Waals surface area contributed by atoms with Crippen LogP contribution in [0.2, 0.25) is 5.02 Å². The number of rotatable bonds is 3. The minimum Gasteiger partial charge on any atom is -0.307 e. The zero-order valence-electron chi connectivity index (χ0n) is 11.3. The molecule has 18 heavy (non-hydrogen) atoms. The fourth-order valence-corrected chi connectivity index (χ4v) is 2.95. The zero-order chi connectivity index (χ0) is 12.8. The van der Waals surface area contributed by atoms with Crippen molar-refractivity contribution in [2.24, 2.45) is 0 Å². The molecule has 0 aromatic heterocycles. The Bertz CT molecular complexity index is 339. The van der Waals surface area contributed by atoms with Gasteiger partial charge in [0.25, 0.3) is 0 Å². The predicted molar refractivity (Wildman–Crippen MR) is 79.1 cm³/mol. The van der Waals surface area contributed by atoms with E-state index in [1.54, 1.807) is 0 Å². The van der Waals surface area contributed by atoms with Gasteiger partial charge in [-0.2, -0.15) is 0 Å². The molecule has 1 aromatic rings. The Kier molecular flexibility index (Phi) is 5.52. The average Bonchev–Trinajstić information content (AvgIpc) is 2.33. The summed E-state index contributed by atoms with van der Waals surface area (Å²) >= 11 is 5.93. The molecule has 100 valence electrons. The smallest absolute Gasteiger partial charge is 0.0406 e. The molecule has 2 rings (SSSR count). The predicted octanol–water partition coefficient (Wildman–Crippen LogP) is 5.10. The van der Waals surface area contributed by atoms with Crippen molar-refractivity contribution < 1.29 is 0 Å². The van der Waals surface area contributed by atoms with E-state index in [2.05, 4.69) is 24.4 Å². The van der Waals surface area contributed by atoms with E-state index in [-0.39, 0.29) is 0 Å². The molecule has 1 aromatic carbocycles. The van der Waals surface area contributed by atoms with E-state index in [1.807, 2.05) is 12.1 Å². The third-order valence-electron chi connectivity index (χ3n) is 3.96. The summed E-state index contributed by atoms with van der Waals surface area (Å²) in [5.41, 5.74) is 1.33. The molecule has 0 heterocycles. The first kappa shape index (κ1) is 13.9. The first-order valence-electron chi connectivity index (χ1n) is 7.27. The lowest BCUT2D eigenvalue weighted by molar-refractivity contribution is 0.363. The van der Waals surface area contributed by atoms with Crippen LogP contribution in [-0.2, 0) is 0 Å². The van der Waals surface area contributed by atoms with Crippen LogP contribution in [0.3, 0.4) is 0 Å². The Morgan fingerprint density at radius 3 is 2.17 bits per heavy atom. The van der Waals surface area contributed by atoms with Crippen molar-refractivity contribution in [2.75, 3.05) is 0 Å². The lowest BCUT2D eigenvalue weighted by Gasteiger charge is -2.25. The monoisotopic (exact) mass is 265 g/mol. The molecule has 2 heteroatoms. The maximum atomic E-state index is 5.93. The van der Waals surface area contributed by atoms with Crippen LogP contribution in [0.4, 0.5) is 0 Å². The average molecular weight is 266 g/mol. The van der Waals surface area contributed by atoms with Crippen LogP contribution in [0, 0.1) is 0 Å². The standard InChI is InChI=1S/C16H24ClN/c1-13(14-9-11-15(17)12-10-14)18-16-7-5-3-2-4-6-8-16/h9-13,16,18H,2-8H2,1H3/t13-/m1/s1. The molecule has 0 amide bonds. The molecule has 1 aliphatic rings. The minimum absolute atomic E-state index is 0.423. The van der Waals surface area contributed by atoms with Gasteiger partial charge in [-0.25, -0.2) is 0 Å². The van der Waals surface area contributed by atoms with Crippen LogP contribution in [0.5, 0.6) is 0 Å². The second-order valence-corrected chi connectivity index (χ2v) is 5.92.